The summed E-state index contributed by atoms with van der Waals surface area (Å²) in [6.07, 6.45) is 7.11. The Morgan fingerprint density at radius 2 is 2.06 bits per heavy atom. The van der Waals surface area contributed by atoms with Crippen LogP contribution in [0.5, 0.6) is 0 Å². The fourth-order valence-electron chi connectivity index (χ4n) is 2.14. The lowest BCUT2D eigenvalue weighted by molar-refractivity contribution is 0.410. The summed E-state index contributed by atoms with van der Waals surface area (Å²) in [5, 5.41) is 3.47. The van der Waals surface area contributed by atoms with Gasteiger partial charge in [-0.05, 0) is 32.1 Å². The van der Waals surface area contributed by atoms with E-state index in [1.165, 1.54) is 0 Å². The highest BCUT2D eigenvalue weighted by molar-refractivity contribution is 5.36. The van der Waals surface area contributed by atoms with Crippen molar-refractivity contribution >= 4 is 5.82 Å². The van der Waals surface area contributed by atoms with Gasteiger partial charge in [0.2, 0.25) is 0 Å². The van der Waals surface area contributed by atoms with Gasteiger partial charge in [-0.1, -0.05) is 6.92 Å². The molecule has 0 bridgehead atoms. The van der Waals surface area contributed by atoms with Gasteiger partial charge in [-0.15, -0.1) is 0 Å². The lowest BCUT2D eigenvalue weighted by Gasteiger charge is -2.27. The summed E-state index contributed by atoms with van der Waals surface area (Å²) in [6, 6.07) is 2.96. The molecule has 1 aromatic heterocycles. The van der Waals surface area contributed by atoms with Gasteiger partial charge in [0.1, 0.15) is 12.1 Å². The third-order valence-electron chi connectivity index (χ3n) is 3.21. The lowest BCUT2D eigenvalue weighted by Crippen LogP contribution is -2.33. The number of rotatable bonds is 3. The van der Waals surface area contributed by atoms with Crippen molar-refractivity contribution < 1.29 is 0 Å². The van der Waals surface area contributed by atoms with E-state index in [1.807, 2.05) is 6.07 Å². The molecule has 0 unspecified atom stereocenters. The second-order valence-corrected chi connectivity index (χ2v) is 4.50. The Morgan fingerprint density at radius 3 is 2.75 bits per heavy atom. The molecule has 1 aliphatic rings. The van der Waals surface area contributed by atoms with E-state index in [0.717, 1.165) is 43.6 Å². The minimum absolute atomic E-state index is 0.398. The first-order valence-electron chi connectivity index (χ1n) is 6.11. The minimum atomic E-state index is 0.398. The highest BCUT2D eigenvalue weighted by atomic mass is 15.0. The van der Waals surface area contributed by atoms with Gasteiger partial charge in [0, 0.05) is 23.8 Å². The van der Waals surface area contributed by atoms with Crippen LogP contribution in [-0.4, -0.2) is 22.1 Å². The first-order chi connectivity index (χ1) is 7.78. The molecular formula is C12H20N4. The molecule has 0 aromatic carbocycles. The molecule has 4 nitrogen and oxygen atoms in total. The van der Waals surface area contributed by atoms with E-state index in [4.69, 9.17) is 5.73 Å². The van der Waals surface area contributed by atoms with E-state index in [1.54, 1.807) is 6.33 Å². The van der Waals surface area contributed by atoms with Gasteiger partial charge in [-0.3, -0.25) is 0 Å². The van der Waals surface area contributed by atoms with E-state index in [0.29, 0.717) is 12.1 Å². The molecule has 1 heterocycles. The summed E-state index contributed by atoms with van der Waals surface area (Å²) >= 11 is 0. The van der Waals surface area contributed by atoms with Gasteiger partial charge in [0.25, 0.3) is 0 Å². The third kappa shape index (κ3) is 2.92. The van der Waals surface area contributed by atoms with Gasteiger partial charge < -0.3 is 11.1 Å². The minimum Gasteiger partial charge on any atom is -0.367 e. The van der Waals surface area contributed by atoms with Gasteiger partial charge >= 0.3 is 0 Å². The molecular weight excluding hydrogens is 200 g/mol. The molecule has 2 rings (SSSR count). The summed E-state index contributed by atoms with van der Waals surface area (Å²) in [5.41, 5.74) is 6.97. The normalized spacial score (nSPS) is 25.4. The number of hydrogen-bond acceptors (Lipinski definition) is 4. The van der Waals surface area contributed by atoms with Crippen LogP contribution >= 0.6 is 0 Å². The number of aryl methyl sites for hydroxylation is 1. The Morgan fingerprint density at radius 1 is 1.31 bits per heavy atom. The standard InChI is InChI=1S/C12H20N4/c1-2-10-7-12(15-8-14-10)16-11-5-3-9(13)4-6-11/h7-9,11H,2-6,13H2,1H3,(H,14,15,16)/t9-,11+. The zero-order valence-electron chi connectivity index (χ0n) is 9.82. The van der Waals surface area contributed by atoms with E-state index >= 15 is 0 Å². The van der Waals surface area contributed by atoms with Crippen LogP contribution < -0.4 is 11.1 Å². The molecule has 0 radical (unpaired) electrons. The molecule has 88 valence electrons. The quantitative estimate of drug-likeness (QED) is 0.814. The van der Waals surface area contributed by atoms with Gasteiger partial charge in [-0.25, -0.2) is 9.97 Å². The van der Waals surface area contributed by atoms with Gasteiger partial charge in [0.15, 0.2) is 0 Å². The summed E-state index contributed by atoms with van der Waals surface area (Å²) in [6.45, 7) is 2.10. The van der Waals surface area contributed by atoms with Crippen LogP contribution in [0.3, 0.4) is 0 Å². The monoisotopic (exact) mass is 220 g/mol. The van der Waals surface area contributed by atoms with Crippen LogP contribution in [0, 0.1) is 0 Å². The van der Waals surface area contributed by atoms with E-state index in [2.05, 4.69) is 22.2 Å². The van der Waals surface area contributed by atoms with Gasteiger partial charge in [0.05, 0.1) is 0 Å². The third-order valence-corrected chi connectivity index (χ3v) is 3.21. The van der Waals surface area contributed by atoms with Crippen LogP contribution in [0.4, 0.5) is 5.82 Å². The molecule has 0 spiro atoms. The molecule has 0 saturated heterocycles. The van der Waals surface area contributed by atoms with Crippen molar-refractivity contribution in [2.24, 2.45) is 5.73 Å². The Hall–Kier alpha value is -1.16. The zero-order valence-corrected chi connectivity index (χ0v) is 9.82. The Bertz CT molecular complexity index is 332. The number of nitrogens with two attached hydrogens (primary N) is 1. The summed E-state index contributed by atoms with van der Waals surface area (Å²) in [4.78, 5) is 8.44. The zero-order chi connectivity index (χ0) is 11.4. The van der Waals surface area contributed by atoms with Crippen LogP contribution in [-0.2, 0) is 6.42 Å². The molecule has 1 saturated carbocycles. The molecule has 1 aromatic rings. The van der Waals surface area contributed by atoms with Crippen molar-refractivity contribution in [2.75, 3.05) is 5.32 Å². The number of nitrogens with one attached hydrogen (secondary N) is 1. The van der Waals surface area contributed by atoms with Crippen LogP contribution in [0.2, 0.25) is 0 Å². The molecule has 1 aliphatic carbocycles. The number of nitrogens with zero attached hydrogens (tertiary/aromatic N) is 2. The highest BCUT2D eigenvalue weighted by Gasteiger charge is 2.18. The summed E-state index contributed by atoms with van der Waals surface area (Å²) in [7, 11) is 0. The van der Waals surface area contributed by atoms with E-state index in [-0.39, 0.29) is 0 Å². The summed E-state index contributed by atoms with van der Waals surface area (Å²) in [5.74, 6) is 0.951. The fourth-order valence-corrected chi connectivity index (χ4v) is 2.14. The maximum absolute atomic E-state index is 5.88. The Labute approximate surface area is 96.7 Å². The van der Waals surface area contributed by atoms with Crippen molar-refractivity contribution in [3.8, 4) is 0 Å². The Kier molecular flexibility index (Phi) is 3.72. The summed E-state index contributed by atoms with van der Waals surface area (Å²) < 4.78 is 0. The smallest absolute Gasteiger partial charge is 0.129 e. The molecule has 3 N–H and O–H groups in total. The predicted octanol–water partition coefficient (Wildman–Crippen LogP) is 1.72. The van der Waals surface area contributed by atoms with E-state index in [9.17, 15) is 0 Å². The molecule has 0 amide bonds. The average Bonchev–Trinajstić information content (AvgIpc) is 2.32. The molecule has 1 fully saturated rings. The van der Waals surface area contributed by atoms with Crippen molar-refractivity contribution in [2.45, 2.75) is 51.1 Å². The van der Waals surface area contributed by atoms with Crippen molar-refractivity contribution in [1.82, 2.24) is 9.97 Å². The second-order valence-electron chi connectivity index (χ2n) is 4.50. The van der Waals surface area contributed by atoms with E-state index < -0.39 is 0 Å². The topological polar surface area (TPSA) is 63.8 Å². The number of hydrogen-bond donors (Lipinski definition) is 2. The van der Waals surface area contributed by atoms with Crippen molar-refractivity contribution in [3.05, 3.63) is 18.1 Å². The largest absolute Gasteiger partial charge is 0.367 e. The van der Waals surface area contributed by atoms with Crippen molar-refractivity contribution in [3.63, 3.8) is 0 Å². The maximum atomic E-state index is 5.88. The average molecular weight is 220 g/mol. The number of aromatic nitrogens is 2. The highest BCUT2D eigenvalue weighted by Crippen LogP contribution is 2.20. The van der Waals surface area contributed by atoms with Crippen molar-refractivity contribution in [1.29, 1.82) is 0 Å². The SMILES string of the molecule is CCc1cc(N[C@H]2CC[C@@H](N)CC2)ncn1. The van der Waals surface area contributed by atoms with Crippen LogP contribution in [0.1, 0.15) is 38.3 Å². The first-order valence-corrected chi connectivity index (χ1v) is 6.11. The predicted molar refractivity (Wildman–Crippen MR) is 65.3 cm³/mol. The lowest BCUT2D eigenvalue weighted by atomic mass is 9.92. The number of anilines is 1. The molecule has 16 heavy (non-hydrogen) atoms. The van der Waals surface area contributed by atoms with Gasteiger partial charge in [-0.2, -0.15) is 0 Å². The Balaban J connectivity index is 1.93. The molecule has 0 atom stereocenters. The second kappa shape index (κ2) is 5.25. The first kappa shape index (κ1) is 11.3. The molecule has 4 heteroatoms. The van der Waals surface area contributed by atoms with Crippen LogP contribution in [0.25, 0.3) is 0 Å². The molecule has 0 aliphatic heterocycles. The van der Waals surface area contributed by atoms with Crippen LogP contribution in [0.15, 0.2) is 12.4 Å². The maximum Gasteiger partial charge on any atom is 0.129 e. The fraction of sp³-hybridized carbons (Fsp3) is 0.667.